The molecule has 1 aliphatic rings. The molecule has 1 saturated heterocycles. The molecule has 0 spiro atoms. The Kier molecular flexibility index (Phi) is 6.62. The SMILES string of the molecule is O=C(c1ccccc1I)N1CCC(Cn2c(COc3ccccc3)nc3ccccc32)CC1. The largest absolute Gasteiger partial charge is 0.486 e. The molecule has 0 atom stereocenters. The van der Waals surface area contributed by atoms with Gasteiger partial charge in [-0.05, 0) is 77.7 Å². The van der Waals surface area contributed by atoms with E-state index in [1.165, 1.54) is 0 Å². The van der Waals surface area contributed by atoms with Crippen molar-refractivity contribution in [1.82, 2.24) is 14.5 Å². The quantitative estimate of drug-likeness (QED) is 0.286. The van der Waals surface area contributed by atoms with Crippen molar-refractivity contribution in [1.29, 1.82) is 0 Å². The molecule has 1 fully saturated rings. The molecule has 5 nitrogen and oxygen atoms in total. The Labute approximate surface area is 207 Å². The number of hydrogen-bond acceptors (Lipinski definition) is 3. The minimum Gasteiger partial charge on any atom is -0.486 e. The van der Waals surface area contributed by atoms with Gasteiger partial charge in [0.15, 0.2) is 0 Å². The Morgan fingerprint density at radius 1 is 0.939 bits per heavy atom. The number of nitrogens with zero attached hydrogens (tertiary/aromatic N) is 3. The van der Waals surface area contributed by atoms with Crippen molar-refractivity contribution < 1.29 is 9.53 Å². The number of aromatic nitrogens is 2. The van der Waals surface area contributed by atoms with Crippen molar-refractivity contribution in [2.75, 3.05) is 13.1 Å². The maximum Gasteiger partial charge on any atom is 0.254 e. The van der Waals surface area contributed by atoms with E-state index < -0.39 is 0 Å². The van der Waals surface area contributed by atoms with E-state index in [1.807, 2.05) is 65.6 Å². The average Bonchev–Trinajstić information content (AvgIpc) is 3.21. The van der Waals surface area contributed by atoms with Crippen LogP contribution in [-0.4, -0.2) is 33.4 Å². The first-order chi connectivity index (χ1) is 16.2. The fourth-order valence-corrected chi connectivity index (χ4v) is 5.10. The number of benzene rings is 3. The number of amides is 1. The molecule has 1 amide bonds. The number of likely N-dealkylation sites (tertiary alicyclic amines) is 1. The Balaban J connectivity index is 1.28. The normalized spacial score (nSPS) is 14.5. The Morgan fingerprint density at radius 3 is 2.42 bits per heavy atom. The molecule has 0 aliphatic carbocycles. The number of hydrogen-bond donors (Lipinski definition) is 0. The first kappa shape index (κ1) is 21.9. The summed E-state index contributed by atoms with van der Waals surface area (Å²) in [5.41, 5.74) is 2.94. The third kappa shape index (κ3) is 4.90. The third-order valence-electron chi connectivity index (χ3n) is 6.29. The zero-order valence-electron chi connectivity index (χ0n) is 18.4. The number of carbonyl (C=O) groups is 1. The lowest BCUT2D eigenvalue weighted by Crippen LogP contribution is -2.39. The molecule has 33 heavy (non-hydrogen) atoms. The second-order valence-corrected chi connectivity index (χ2v) is 9.61. The molecule has 5 rings (SSSR count). The molecule has 0 radical (unpaired) electrons. The Morgan fingerprint density at radius 2 is 1.64 bits per heavy atom. The maximum atomic E-state index is 13.0. The van der Waals surface area contributed by atoms with E-state index in [0.29, 0.717) is 12.5 Å². The van der Waals surface area contributed by atoms with Crippen molar-refractivity contribution in [3.63, 3.8) is 0 Å². The predicted molar refractivity (Wildman–Crippen MR) is 138 cm³/mol. The first-order valence-electron chi connectivity index (χ1n) is 11.3. The molecule has 0 unspecified atom stereocenters. The number of imidazole rings is 1. The third-order valence-corrected chi connectivity index (χ3v) is 7.23. The molecule has 2 heterocycles. The van der Waals surface area contributed by atoms with Crippen molar-refractivity contribution in [3.8, 4) is 5.75 Å². The van der Waals surface area contributed by atoms with Gasteiger partial charge >= 0.3 is 0 Å². The predicted octanol–water partition coefficient (Wildman–Crippen LogP) is 5.77. The summed E-state index contributed by atoms with van der Waals surface area (Å²) in [4.78, 5) is 19.8. The standard InChI is InChI=1S/C27H26IN3O2/c28-23-11-5-4-10-22(23)27(32)30-16-14-20(15-17-30)18-31-25-13-7-6-12-24(25)29-26(31)19-33-21-8-2-1-3-9-21/h1-13,20H,14-19H2. The second-order valence-electron chi connectivity index (χ2n) is 8.44. The molecule has 1 aromatic heterocycles. The Bertz CT molecular complexity index is 1250. The lowest BCUT2D eigenvalue weighted by atomic mass is 9.96. The highest BCUT2D eigenvalue weighted by atomic mass is 127. The van der Waals surface area contributed by atoms with Crippen molar-refractivity contribution in [3.05, 3.63) is 93.8 Å². The summed E-state index contributed by atoms with van der Waals surface area (Å²) in [6.45, 7) is 2.90. The van der Waals surface area contributed by atoms with E-state index in [1.54, 1.807) is 0 Å². The van der Waals surface area contributed by atoms with Crippen molar-refractivity contribution >= 4 is 39.5 Å². The van der Waals surface area contributed by atoms with Gasteiger partial charge in [-0.25, -0.2) is 4.98 Å². The number of ether oxygens (including phenoxy) is 1. The fourth-order valence-electron chi connectivity index (χ4n) is 4.49. The fraction of sp³-hybridized carbons (Fsp3) is 0.259. The number of halogens is 1. The average molecular weight is 551 g/mol. The van der Waals surface area contributed by atoms with Gasteiger partial charge in [0.05, 0.1) is 16.6 Å². The topological polar surface area (TPSA) is 47.4 Å². The van der Waals surface area contributed by atoms with Gasteiger partial charge in [-0.15, -0.1) is 0 Å². The molecule has 4 aromatic rings. The molecule has 0 N–H and O–H groups in total. The number of piperidine rings is 1. The van der Waals surface area contributed by atoms with Crippen LogP contribution in [0.25, 0.3) is 11.0 Å². The van der Waals surface area contributed by atoms with Gasteiger partial charge in [-0.3, -0.25) is 4.79 Å². The minimum absolute atomic E-state index is 0.142. The van der Waals surface area contributed by atoms with Crippen LogP contribution < -0.4 is 4.74 Å². The van der Waals surface area contributed by atoms with Gasteiger partial charge in [-0.2, -0.15) is 0 Å². The molecule has 0 bridgehead atoms. The molecule has 3 aromatic carbocycles. The molecule has 0 saturated carbocycles. The summed E-state index contributed by atoms with van der Waals surface area (Å²) in [5, 5.41) is 0. The molecule has 168 valence electrons. The number of rotatable bonds is 6. The zero-order chi connectivity index (χ0) is 22.6. The summed E-state index contributed by atoms with van der Waals surface area (Å²) in [5.74, 6) is 2.43. The van der Waals surface area contributed by atoms with Gasteiger partial charge in [0.25, 0.3) is 5.91 Å². The van der Waals surface area contributed by atoms with E-state index >= 15 is 0 Å². The summed E-state index contributed by atoms with van der Waals surface area (Å²) in [6.07, 6.45) is 1.97. The van der Waals surface area contributed by atoms with E-state index in [-0.39, 0.29) is 5.91 Å². The summed E-state index contributed by atoms with van der Waals surface area (Å²) < 4.78 is 9.34. The van der Waals surface area contributed by atoms with Gasteiger partial charge < -0.3 is 14.2 Å². The van der Waals surface area contributed by atoms with Gasteiger partial charge in [0.2, 0.25) is 0 Å². The summed E-state index contributed by atoms with van der Waals surface area (Å²) in [7, 11) is 0. The molecule has 1 aliphatic heterocycles. The summed E-state index contributed by atoms with van der Waals surface area (Å²) >= 11 is 2.24. The minimum atomic E-state index is 0.142. The lowest BCUT2D eigenvalue weighted by Gasteiger charge is -2.32. The van der Waals surface area contributed by atoms with Crippen LogP contribution in [0.3, 0.4) is 0 Å². The molecule has 6 heteroatoms. The van der Waals surface area contributed by atoms with Crippen molar-refractivity contribution in [2.45, 2.75) is 26.0 Å². The highest BCUT2D eigenvalue weighted by Crippen LogP contribution is 2.26. The van der Waals surface area contributed by atoms with Crippen LogP contribution in [0.4, 0.5) is 0 Å². The lowest BCUT2D eigenvalue weighted by molar-refractivity contribution is 0.0681. The van der Waals surface area contributed by atoms with Crippen LogP contribution in [0, 0.1) is 9.49 Å². The van der Waals surface area contributed by atoms with Crippen LogP contribution in [-0.2, 0) is 13.2 Å². The first-order valence-corrected chi connectivity index (χ1v) is 12.4. The van der Waals surface area contributed by atoms with Crippen LogP contribution in [0.5, 0.6) is 5.75 Å². The van der Waals surface area contributed by atoms with Crippen LogP contribution in [0.1, 0.15) is 29.0 Å². The molecular weight excluding hydrogens is 525 g/mol. The monoisotopic (exact) mass is 551 g/mol. The van der Waals surface area contributed by atoms with Crippen LogP contribution in [0.2, 0.25) is 0 Å². The number of fused-ring (bicyclic) bond motifs is 1. The van der Waals surface area contributed by atoms with Crippen LogP contribution in [0.15, 0.2) is 78.9 Å². The van der Waals surface area contributed by atoms with Crippen molar-refractivity contribution in [2.24, 2.45) is 5.92 Å². The van der Waals surface area contributed by atoms with Gasteiger partial charge in [-0.1, -0.05) is 42.5 Å². The second kappa shape index (κ2) is 9.95. The Hall–Kier alpha value is -2.87. The van der Waals surface area contributed by atoms with E-state index in [2.05, 4.69) is 45.4 Å². The van der Waals surface area contributed by atoms with E-state index in [4.69, 9.17) is 9.72 Å². The zero-order valence-corrected chi connectivity index (χ0v) is 20.5. The van der Waals surface area contributed by atoms with E-state index in [9.17, 15) is 4.79 Å². The molecular formula is C27H26IN3O2. The summed E-state index contributed by atoms with van der Waals surface area (Å²) in [6, 6.07) is 26.0. The van der Waals surface area contributed by atoms with Gasteiger partial charge in [0.1, 0.15) is 18.2 Å². The highest BCUT2D eigenvalue weighted by molar-refractivity contribution is 14.1. The smallest absolute Gasteiger partial charge is 0.254 e. The van der Waals surface area contributed by atoms with Crippen LogP contribution >= 0.6 is 22.6 Å². The van der Waals surface area contributed by atoms with E-state index in [0.717, 1.165) is 64.2 Å². The number of carbonyl (C=O) groups excluding carboxylic acids is 1. The maximum absolute atomic E-state index is 13.0. The number of para-hydroxylation sites is 3. The highest BCUT2D eigenvalue weighted by Gasteiger charge is 2.26. The van der Waals surface area contributed by atoms with Gasteiger partial charge in [0, 0.05) is 23.2 Å².